The van der Waals surface area contributed by atoms with Crippen LogP contribution in [0.5, 0.6) is 0 Å². The van der Waals surface area contributed by atoms with Gasteiger partial charge in [0.25, 0.3) is 5.56 Å². The van der Waals surface area contributed by atoms with Crippen molar-refractivity contribution in [3.8, 4) is 5.69 Å². The lowest BCUT2D eigenvalue weighted by atomic mass is 10.3. The van der Waals surface area contributed by atoms with Gasteiger partial charge < -0.3 is 0 Å². The minimum atomic E-state index is -0.101. The van der Waals surface area contributed by atoms with E-state index in [-0.39, 0.29) is 5.56 Å². The summed E-state index contributed by atoms with van der Waals surface area (Å²) < 4.78 is 1.45. The van der Waals surface area contributed by atoms with Gasteiger partial charge >= 0.3 is 0 Å². The number of nitrogens with one attached hydrogen (secondary N) is 1. The zero-order valence-electron chi connectivity index (χ0n) is 6.77. The fourth-order valence-electron chi connectivity index (χ4n) is 1.15. The van der Waals surface area contributed by atoms with Crippen molar-refractivity contribution in [2.75, 3.05) is 0 Å². The molecule has 0 bridgehead atoms. The van der Waals surface area contributed by atoms with Crippen LogP contribution in [0.2, 0.25) is 0 Å². The lowest BCUT2D eigenvalue weighted by Gasteiger charge is -1.99. The Morgan fingerprint density at radius 1 is 1.23 bits per heavy atom. The molecule has 0 aliphatic carbocycles. The first-order valence-electron chi connectivity index (χ1n) is 3.84. The summed E-state index contributed by atoms with van der Waals surface area (Å²) in [5.74, 6) is 0. The van der Waals surface area contributed by atoms with Crippen LogP contribution < -0.4 is 5.56 Å². The molecule has 13 heavy (non-hydrogen) atoms. The summed E-state index contributed by atoms with van der Waals surface area (Å²) in [6.45, 7) is 0. The van der Waals surface area contributed by atoms with E-state index in [2.05, 4.69) is 17.7 Å². The summed E-state index contributed by atoms with van der Waals surface area (Å²) in [6.07, 6.45) is 0. The van der Waals surface area contributed by atoms with Crippen molar-refractivity contribution < 1.29 is 0 Å². The van der Waals surface area contributed by atoms with Crippen molar-refractivity contribution in [1.82, 2.24) is 9.78 Å². The van der Waals surface area contributed by atoms with E-state index < -0.39 is 0 Å². The molecule has 1 aromatic carbocycles. The molecular weight excluding hydrogens is 184 g/mol. The Kier molecular flexibility index (Phi) is 1.98. The third kappa shape index (κ3) is 1.53. The minimum absolute atomic E-state index is 0.101. The van der Waals surface area contributed by atoms with Gasteiger partial charge in [0.1, 0.15) is 0 Å². The molecule has 0 atom stereocenters. The Morgan fingerprint density at radius 2 is 1.92 bits per heavy atom. The van der Waals surface area contributed by atoms with Crippen LogP contribution in [0, 0.1) is 0 Å². The number of H-pyrrole nitrogens is 1. The minimum Gasteiger partial charge on any atom is -0.285 e. The Hall–Kier alpha value is -1.42. The summed E-state index contributed by atoms with van der Waals surface area (Å²) in [4.78, 5) is 11.3. The molecule has 0 amide bonds. The van der Waals surface area contributed by atoms with Crippen molar-refractivity contribution in [3.63, 3.8) is 0 Å². The van der Waals surface area contributed by atoms with Crippen LogP contribution >= 0.6 is 12.6 Å². The Labute approximate surface area is 80.4 Å². The fourth-order valence-corrected chi connectivity index (χ4v) is 1.36. The Morgan fingerprint density at radius 3 is 2.46 bits per heavy atom. The van der Waals surface area contributed by atoms with Gasteiger partial charge in [-0.15, -0.1) is 12.6 Å². The molecule has 2 aromatic rings. The van der Waals surface area contributed by atoms with Crippen LogP contribution in [0.3, 0.4) is 0 Å². The predicted octanol–water partition coefficient (Wildman–Crippen LogP) is 1.45. The van der Waals surface area contributed by atoms with Gasteiger partial charge in [-0.25, -0.2) is 4.68 Å². The van der Waals surface area contributed by atoms with E-state index in [1.165, 1.54) is 10.7 Å². The van der Waals surface area contributed by atoms with E-state index in [0.717, 1.165) is 5.69 Å². The fraction of sp³-hybridized carbons (Fsp3) is 0. The van der Waals surface area contributed by atoms with Gasteiger partial charge in [0, 0.05) is 6.07 Å². The third-order valence-corrected chi connectivity index (χ3v) is 1.95. The first-order chi connectivity index (χ1) is 6.27. The highest BCUT2D eigenvalue weighted by molar-refractivity contribution is 7.80. The Bertz CT molecular complexity index is 458. The average molecular weight is 192 g/mol. The molecule has 2 rings (SSSR count). The standard InChI is InChI=1S/C9H8N2OS/c12-9-6-8(13)10-11(9)7-4-2-1-3-5-7/h1-6,10,13H. The van der Waals surface area contributed by atoms with Crippen LogP contribution in [0.1, 0.15) is 0 Å². The molecule has 0 saturated carbocycles. The molecule has 0 unspecified atom stereocenters. The van der Waals surface area contributed by atoms with Crippen LogP contribution in [0.4, 0.5) is 0 Å². The summed E-state index contributed by atoms with van der Waals surface area (Å²) in [7, 11) is 0. The molecule has 0 aliphatic rings. The highest BCUT2D eigenvalue weighted by Crippen LogP contribution is 2.04. The molecule has 0 aliphatic heterocycles. The second-order valence-corrected chi connectivity index (χ2v) is 3.13. The topological polar surface area (TPSA) is 37.8 Å². The van der Waals surface area contributed by atoms with E-state index in [1.54, 1.807) is 0 Å². The van der Waals surface area contributed by atoms with Crippen molar-refractivity contribution in [2.45, 2.75) is 5.03 Å². The molecule has 1 aromatic heterocycles. The van der Waals surface area contributed by atoms with Gasteiger partial charge in [-0.2, -0.15) is 0 Å². The number of rotatable bonds is 1. The van der Waals surface area contributed by atoms with Gasteiger partial charge in [-0.05, 0) is 12.1 Å². The zero-order valence-corrected chi connectivity index (χ0v) is 7.66. The summed E-state index contributed by atoms with van der Waals surface area (Å²) >= 11 is 4.05. The van der Waals surface area contributed by atoms with Crippen LogP contribution in [0.15, 0.2) is 46.2 Å². The van der Waals surface area contributed by atoms with Crippen molar-refractivity contribution in [2.24, 2.45) is 0 Å². The molecular formula is C9H8N2OS. The van der Waals surface area contributed by atoms with E-state index in [0.29, 0.717) is 5.03 Å². The first-order valence-corrected chi connectivity index (χ1v) is 4.28. The monoisotopic (exact) mass is 192 g/mol. The smallest absolute Gasteiger partial charge is 0.272 e. The zero-order chi connectivity index (χ0) is 9.26. The molecule has 66 valence electrons. The van der Waals surface area contributed by atoms with E-state index in [4.69, 9.17) is 0 Å². The second-order valence-electron chi connectivity index (χ2n) is 2.65. The molecule has 0 saturated heterocycles. The van der Waals surface area contributed by atoms with Gasteiger partial charge in [0.05, 0.1) is 10.7 Å². The number of aromatic amines is 1. The summed E-state index contributed by atoms with van der Waals surface area (Å²) in [6, 6.07) is 10.8. The van der Waals surface area contributed by atoms with E-state index in [9.17, 15) is 4.79 Å². The molecule has 0 radical (unpaired) electrons. The van der Waals surface area contributed by atoms with Crippen LogP contribution in [-0.4, -0.2) is 9.78 Å². The maximum atomic E-state index is 11.3. The number of aromatic nitrogens is 2. The highest BCUT2D eigenvalue weighted by Gasteiger charge is 2.00. The second kappa shape index (κ2) is 3.14. The van der Waals surface area contributed by atoms with Crippen molar-refractivity contribution in [1.29, 1.82) is 0 Å². The number of benzene rings is 1. The molecule has 0 spiro atoms. The number of para-hydroxylation sites is 1. The van der Waals surface area contributed by atoms with E-state index in [1.807, 2.05) is 30.3 Å². The van der Waals surface area contributed by atoms with Gasteiger partial charge in [0.2, 0.25) is 0 Å². The largest absolute Gasteiger partial charge is 0.285 e. The number of hydrogen-bond acceptors (Lipinski definition) is 2. The summed E-state index contributed by atoms with van der Waals surface area (Å²) in [5, 5.41) is 3.39. The first kappa shape index (κ1) is 8.19. The van der Waals surface area contributed by atoms with Crippen LogP contribution in [0.25, 0.3) is 5.69 Å². The molecule has 1 heterocycles. The third-order valence-electron chi connectivity index (χ3n) is 1.72. The summed E-state index contributed by atoms with van der Waals surface area (Å²) in [5.41, 5.74) is 0.712. The number of nitrogens with zero attached hydrogens (tertiary/aromatic N) is 1. The van der Waals surface area contributed by atoms with Gasteiger partial charge in [-0.1, -0.05) is 18.2 Å². The quantitative estimate of drug-likeness (QED) is 0.659. The normalized spacial score (nSPS) is 10.2. The Balaban J connectivity index is 2.59. The molecule has 3 nitrogen and oxygen atoms in total. The van der Waals surface area contributed by atoms with E-state index >= 15 is 0 Å². The molecule has 1 N–H and O–H groups in total. The van der Waals surface area contributed by atoms with Gasteiger partial charge in [0.15, 0.2) is 0 Å². The number of hydrogen-bond donors (Lipinski definition) is 2. The number of thiol groups is 1. The predicted molar refractivity (Wildman–Crippen MR) is 53.6 cm³/mol. The molecule has 4 heteroatoms. The van der Waals surface area contributed by atoms with Gasteiger partial charge in [-0.3, -0.25) is 9.89 Å². The van der Waals surface area contributed by atoms with Crippen molar-refractivity contribution >= 4 is 12.6 Å². The van der Waals surface area contributed by atoms with Crippen LogP contribution in [-0.2, 0) is 0 Å². The maximum Gasteiger partial charge on any atom is 0.272 e. The maximum absolute atomic E-state index is 11.3. The van der Waals surface area contributed by atoms with Crippen molar-refractivity contribution in [3.05, 3.63) is 46.8 Å². The lowest BCUT2D eigenvalue weighted by molar-refractivity contribution is 0.816. The molecule has 0 fully saturated rings. The SMILES string of the molecule is O=c1cc(S)[nH]n1-c1ccccc1. The highest BCUT2D eigenvalue weighted by atomic mass is 32.1. The average Bonchev–Trinajstić information content (AvgIpc) is 2.47. The lowest BCUT2D eigenvalue weighted by Crippen LogP contribution is -2.12.